The maximum absolute atomic E-state index is 12.6. The van der Waals surface area contributed by atoms with E-state index in [1.807, 2.05) is 0 Å². The fourth-order valence-electron chi connectivity index (χ4n) is 1.60. The van der Waals surface area contributed by atoms with Crippen LogP contribution in [0.2, 0.25) is 0 Å². The average Bonchev–Trinajstić information content (AvgIpc) is 2.29. The van der Waals surface area contributed by atoms with Gasteiger partial charge < -0.3 is 9.47 Å². The van der Waals surface area contributed by atoms with Crippen LogP contribution < -0.4 is 0 Å². The van der Waals surface area contributed by atoms with Gasteiger partial charge in [-0.3, -0.25) is 4.79 Å². The zero-order valence-corrected chi connectivity index (χ0v) is 10.2. The lowest BCUT2D eigenvalue weighted by Gasteiger charge is -2.18. The molecule has 0 aliphatic rings. The summed E-state index contributed by atoms with van der Waals surface area (Å²) >= 11 is 0. The Morgan fingerprint density at radius 2 is 1.78 bits per heavy atom. The number of alkyl halides is 3. The first-order valence-electron chi connectivity index (χ1n) is 5.09. The van der Waals surface area contributed by atoms with Crippen molar-refractivity contribution in [3.8, 4) is 0 Å². The van der Waals surface area contributed by atoms with Crippen molar-refractivity contribution in [3.05, 3.63) is 34.9 Å². The standard InChI is InChI=1S/C12H13F3O3/c1-7(16)9-5-4-8(12(13,14)15)6-10(9)11(17-2)18-3/h4-6,11H,1-3H3. The van der Waals surface area contributed by atoms with Gasteiger partial charge in [0.05, 0.1) is 5.56 Å². The Morgan fingerprint density at radius 3 is 2.17 bits per heavy atom. The van der Waals surface area contributed by atoms with Crippen molar-refractivity contribution >= 4 is 5.78 Å². The number of methoxy groups -OCH3 is 2. The minimum absolute atomic E-state index is 0.0716. The fourth-order valence-corrected chi connectivity index (χ4v) is 1.60. The van der Waals surface area contributed by atoms with Gasteiger partial charge in [-0.2, -0.15) is 13.2 Å². The molecule has 0 saturated carbocycles. The van der Waals surface area contributed by atoms with Crippen LogP contribution >= 0.6 is 0 Å². The van der Waals surface area contributed by atoms with Crippen LogP contribution in [0.1, 0.15) is 34.7 Å². The first-order chi connectivity index (χ1) is 8.31. The Hall–Kier alpha value is -1.40. The molecule has 1 rings (SSSR count). The summed E-state index contributed by atoms with van der Waals surface area (Å²) in [6.45, 7) is 1.27. The van der Waals surface area contributed by atoms with E-state index in [-0.39, 0.29) is 16.9 Å². The molecule has 0 heterocycles. The van der Waals surface area contributed by atoms with Gasteiger partial charge in [0.1, 0.15) is 0 Å². The Labute approximate surface area is 103 Å². The molecule has 0 atom stereocenters. The van der Waals surface area contributed by atoms with E-state index in [0.717, 1.165) is 18.2 Å². The van der Waals surface area contributed by atoms with E-state index in [9.17, 15) is 18.0 Å². The Balaban J connectivity index is 3.37. The molecule has 0 aromatic heterocycles. The summed E-state index contributed by atoms with van der Waals surface area (Å²) in [5.41, 5.74) is -0.624. The van der Waals surface area contributed by atoms with Crippen LogP contribution in [0.4, 0.5) is 13.2 Å². The van der Waals surface area contributed by atoms with E-state index in [1.165, 1.54) is 21.1 Å². The van der Waals surface area contributed by atoms with Crippen molar-refractivity contribution < 1.29 is 27.4 Å². The number of carbonyl (C=O) groups is 1. The lowest BCUT2D eigenvalue weighted by Crippen LogP contribution is -2.13. The van der Waals surface area contributed by atoms with Gasteiger partial charge in [0.2, 0.25) is 0 Å². The number of ketones is 1. The maximum Gasteiger partial charge on any atom is 0.416 e. The second-order valence-electron chi connectivity index (χ2n) is 3.66. The highest BCUT2D eigenvalue weighted by Gasteiger charge is 2.32. The molecule has 0 amide bonds. The molecule has 0 aliphatic carbocycles. The quantitative estimate of drug-likeness (QED) is 0.617. The van der Waals surface area contributed by atoms with E-state index >= 15 is 0 Å². The fraction of sp³-hybridized carbons (Fsp3) is 0.417. The summed E-state index contributed by atoms with van der Waals surface area (Å²) in [6, 6.07) is 2.86. The highest BCUT2D eigenvalue weighted by Crippen LogP contribution is 2.33. The van der Waals surface area contributed by atoms with Gasteiger partial charge in [-0.15, -0.1) is 0 Å². The third-order valence-corrected chi connectivity index (χ3v) is 2.44. The molecule has 0 saturated heterocycles. The third-order valence-electron chi connectivity index (χ3n) is 2.44. The number of benzene rings is 1. The number of rotatable bonds is 4. The van der Waals surface area contributed by atoms with Crippen LogP contribution in [0.5, 0.6) is 0 Å². The van der Waals surface area contributed by atoms with Crippen LogP contribution in [0.25, 0.3) is 0 Å². The Kier molecular flexibility index (Phi) is 4.48. The van der Waals surface area contributed by atoms with Gasteiger partial charge >= 0.3 is 6.18 Å². The molecule has 0 unspecified atom stereocenters. The summed E-state index contributed by atoms with van der Waals surface area (Å²) in [7, 11) is 2.58. The van der Waals surface area contributed by atoms with Crippen molar-refractivity contribution in [1.82, 2.24) is 0 Å². The molecule has 3 nitrogen and oxygen atoms in total. The minimum atomic E-state index is -4.48. The summed E-state index contributed by atoms with van der Waals surface area (Å²) < 4.78 is 47.6. The molecule has 18 heavy (non-hydrogen) atoms. The zero-order valence-electron chi connectivity index (χ0n) is 10.2. The molecular formula is C12H13F3O3. The summed E-state index contributed by atoms with van der Waals surface area (Å²) in [5, 5.41) is 0. The van der Waals surface area contributed by atoms with Crippen LogP contribution in [-0.2, 0) is 15.7 Å². The first kappa shape index (κ1) is 14.7. The summed E-state index contributed by atoms with van der Waals surface area (Å²) in [6.07, 6.45) is -5.48. The first-order valence-corrected chi connectivity index (χ1v) is 5.09. The molecule has 0 fully saturated rings. The average molecular weight is 262 g/mol. The molecule has 0 aliphatic heterocycles. The topological polar surface area (TPSA) is 35.5 Å². The minimum Gasteiger partial charge on any atom is -0.352 e. The van der Waals surface area contributed by atoms with E-state index in [4.69, 9.17) is 9.47 Å². The normalized spacial score (nSPS) is 11.9. The van der Waals surface area contributed by atoms with Gasteiger partial charge in [0, 0.05) is 25.3 Å². The van der Waals surface area contributed by atoms with Crippen molar-refractivity contribution in [1.29, 1.82) is 0 Å². The smallest absolute Gasteiger partial charge is 0.352 e. The maximum atomic E-state index is 12.6. The van der Waals surface area contributed by atoms with Gasteiger partial charge in [0.25, 0.3) is 0 Å². The van der Waals surface area contributed by atoms with E-state index in [1.54, 1.807) is 0 Å². The third kappa shape index (κ3) is 3.08. The predicted octanol–water partition coefficient (Wildman–Crippen LogP) is 3.20. The SMILES string of the molecule is COC(OC)c1cc(C(F)(F)F)ccc1C(C)=O. The second kappa shape index (κ2) is 5.49. The summed E-state index contributed by atoms with van der Waals surface area (Å²) in [4.78, 5) is 11.4. The number of ether oxygens (including phenoxy) is 2. The number of halogens is 3. The van der Waals surface area contributed by atoms with E-state index < -0.39 is 18.0 Å². The summed E-state index contributed by atoms with van der Waals surface area (Å²) in [5.74, 6) is -0.349. The molecule has 0 spiro atoms. The Bertz CT molecular complexity index is 437. The number of carbonyl (C=O) groups excluding carboxylic acids is 1. The van der Waals surface area contributed by atoms with Crippen molar-refractivity contribution in [2.75, 3.05) is 14.2 Å². The lowest BCUT2D eigenvalue weighted by molar-refractivity contribution is -0.138. The molecule has 100 valence electrons. The zero-order chi connectivity index (χ0) is 13.9. The van der Waals surface area contributed by atoms with Crippen molar-refractivity contribution in [3.63, 3.8) is 0 Å². The second-order valence-corrected chi connectivity index (χ2v) is 3.66. The van der Waals surface area contributed by atoms with Gasteiger partial charge in [-0.05, 0) is 19.1 Å². The number of hydrogen-bond donors (Lipinski definition) is 0. The van der Waals surface area contributed by atoms with Crippen molar-refractivity contribution in [2.24, 2.45) is 0 Å². The van der Waals surface area contributed by atoms with Crippen LogP contribution in [0.3, 0.4) is 0 Å². The highest BCUT2D eigenvalue weighted by molar-refractivity contribution is 5.95. The number of hydrogen-bond acceptors (Lipinski definition) is 3. The monoisotopic (exact) mass is 262 g/mol. The highest BCUT2D eigenvalue weighted by atomic mass is 19.4. The predicted molar refractivity (Wildman–Crippen MR) is 58.2 cm³/mol. The van der Waals surface area contributed by atoms with E-state index in [0.29, 0.717) is 0 Å². The van der Waals surface area contributed by atoms with Crippen LogP contribution in [-0.4, -0.2) is 20.0 Å². The molecule has 0 radical (unpaired) electrons. The van der Waals surface area contributed by atoms with Crippen LogP contribution in [0.15, 0.2) is 18.2 Å². The Morgan fingerprint density at radius 1 is 1.22 bits per heavy atom. The van der Waals surface area contributed by atoms with Gasteiger partial charge in [-0.1, -0.05) is 6.07 Å². The molecule has 1 aromatic rings. The largest absolute Gasteiger partial charge is 0.416 e. The molecule has 1 aromatic carbocycles. The molecule has 0 bridgehead atoms. The van der Waals surface area contributed by atoms with Gasteiger partial charge in [0.15, 0.2) is 12.1 Å². The van der Waals surface area contributed by atoms with Crippen LogP contribution in [0, 0.1) is 0 Å². The molecule has 0 N–H and O–H groups in total. The number of Topliss-reactive ketones (excluding diaryl/α,β-unsaturated/α-hetero) is 1. The van der Waals surface area contributed by atoms with Crippen molar-refractivity contribution in [2.45, 2.75) is 19.4 Å². The molecular weight excluding hydrogens is 249 g/mol. The molecule has 6 heteroatoms. The van der Waals surface area contributed by atoms with Gasteiger partial charge in [-0.25, -0.2) is 0 Å². The van der Waals surface area contributed by atoms with E-state index in [2.05, 4.69) is 0 Å². The lowest BCUT2D eigenvalue weighted by atomic mass is 10.0.